The van der Waals surface area contributed by atoms with Crippen LogP contribution in [0.4, 0.5) is 15.8 Å². The molecule has 0 aromatic heterocycles. The van der Waals surface area contributed by atoms with Crippen molar-refractivity contribution >= 4 is 40.9 Å². The van der Waals surface area contributed by atoms with E-state index in [-0.39, 0.29) is 28.6 Å². The van der Waals surface area contributed by atoms with E-state index >= 15 is 0 Å². The largest absolute Gasteiger partial charge is 0.482 e. The molecule has 172 valence electrons. The minimum atomic E-state index is -0.555. The van der Waals surface area contributed by atoms with Gasteiger partial charge in [0.2, 0.25) is 0 Å². The molecule has 0 saturated carbocycles. The number of benzene rings is 3. The van der Waals surface area contributed by atoms with E-state index in [9.17, 15) is 19.2 Å². The molecule has 0 saturated heterocycles. The molecule has 0 radical (unpaired) electrons. The molecule has 0 unspecified atom stereocenters. The van der Waals surface area contributed by atoms with Gasteiger partial charge in [-0.05, 0) is 54.0 Å². The van der Waals surface area contributed by atoms with Crippen LogP contribution in [0.2, 0.25) is 5.02 Å². The third kappa shape index (κ3) is 6.44. The number of aryl methyl sites for hydroxylation is 1. The summed E-state index contributed by atoms with van der Waals surface area (Å²) in [7, 11) is 0. The van der Waals surface area contributed by atoms with Gasteiger partial charge in [-0.1, -0.05) is 54.9 Å². The van der Waals surface area contributed by atoms with Gasteiger partial charge in [0, 0.05) is 5.69 Å². The molecule has 34 heavy (non-hydrogen) atoms. The molecule has 0 aliphatic rings. The topological polar surface area (TPSA) is 91.2 Å². The summed E-state index contributed by atoms with van der Waals surface area (Å²) in [6.45, 7) is 1.59. The zero-order valence-corrected chi connectivity index (χ0v) is 19.0. The highest BCUT2D eigenvalue weighted by molar-refractivity contribution is 6.32. The monoisotopic (exact) mass is 477 g/mol. The van der Waals surface area contributed by atoms with E-state index in [1.807, 2.05) is 25.1 Å². The van der Waals surface area contributed by atoms with E-state index in [0.717, 1.165) is 12.0 Å². The zero-order chi connectivity index (χ0) is 24.5. The van der Waals surface area contributed by atoms with Gasteiger partial charge in [0.15, 0.2) is 6.61 Å². The van der Waals surface area contributed by atoms with Crippen LogP contribution in [-0.4, -0.2) is 18.4 Å². The second-order valence-corrected chi connectivity index (χ2v) is 7.55. The molecular weight excluding hydrogens is 457 g/mol. The highest BCUT2D eigenvalue weighted by Crippen LogP contribution is 2.27. The van der Waals surface area contributed by atoms with Crippen molar-refractivity contribution in [2.24, 2.45) is 0 Å². The number of hydrogen-bond donors (Lipinski definition) is 2. The average molecular weight is 478 g/mol. The van der Waals surface area contributed by atoms with Crippen molar-refractivity contribution in [1.82, 2.24) is 0 Å². The van der Waals surface area contributed by atoms with Crippen LogP contribution >= 0.6 is 11.6 Å². The molecule has 0 aliphatic heterocycles. The first-order valence-corrected chi connectivity index (χ1v) is 10.8. The number of nitrogens with one attached hydrogen (secondary N) is 2. The first kappa shape index (κ1) is 24.5. The maximum absolute atomic E-state index is 13.6. The molecule has 0 heterocycles. The minimum Gasteiger partial charge on any atom is -0.482 e. The van der Waals surface area contributed by atoms with Gasteiger partial charge in [0.1, 0.15) is 23.2 Å². The molecule has 0 bridgehead atoms. The molecule has 8 heteroatoms. The van der Waals surface area contributed by atoms with Crippen LogP contribution in [0.5, 0.6) is 5.75 Å². The van der Waals surface area contributed by atoms with Crippen molar-refractivity contribution in [3.63, 3.8) is 0 Å². The number of nitriles is 1. The minimum absolute atomic E-state index is 0.0477. The molecule has 3 aromatic carbocycles. The first-order chi connectivity index (χ1) is 16.4. The van der Waals surface area contributed by atoms with Crippen LogP contribution in [0.1, 0.15) is 18.1 Å². The normalized spacial score (nSPS) is 10.8. The molecule has 2 amide bonds. The molecule has 0 spiro atoms. The van der Waals surface area contributed by atoms with Crippen molar-refractivity contribution in [2.75, 3.05) is 17.2 Å². The Balaban J connectivity index is 1.66. The third-order valence-electron chi connectivity index (χ3n) is 4.79. The molecular formula is C26H21ClFN3O3. The highest BCUT2D eigenvalue weighted by atomic mass is 35.5. The molecule has 0 fully saturated rings. The first-order valence-electron chi connectivity index (χ1n) is 10.4. The Kier molecular flexibility index (Phi) is 8.38. The van der Waals surface area contributed by atoms with Crippen molar-refractivity contribution in [3.05, 3.63) is 94.3 Å². The van der Waals surface area contributed by atoms with Gasteiger partial charge in [-0.15, -0.1) is 0 Å². The third-order valence-corrected chi connectivity index (χ3v) is 5.08. The Morgan fingerprint density at radius 1 is 1.06 bits per heavy atom. The summed E-state index contributed by atoms with van der Waals surface area (Å²) in [5.41, 5.74) is 2.05. The van der Waals surface area contributed by atoms with E-state index in [1.165, 1.54) is 36.4 Å². The SMILES string of the molecule is CCc1ccccc1NC(=O)/C(C#N)=C\c1ccc(OCC(=O)Nc2ccccc2F)c(Cl)c1. The summed E-state index contributed by atoms with van der Waals surface area (Å²) in [5, 5.41) is 14.8. The number of hydrogen-bond acceptors (Lipinski definition) is 4. The number of rotatable bonds is 8. The predicted octanol–water partition coefficient (Wildman–Crippen LogP) is 5.60. The fraction of sp³-hybridized carbons (Fsp3) is 0.115. The standard InChI is InChI=1S/C26H21ClFN3O3/c1-2-18-7-3-5-9-22(18)31-26(33)19(15-29)13-17-11-12-24(20(27)14-17)34-16-25(32)30-23-10-6-4-8-21(23)28/h3-14H,2,16H2,1H3,(H,30,32)(H,31,33)/b19-13-. The zero-order valence-electron chi connectivity index (χ0n) is 18.3. The van der Waals surface area contributed by atoms with Crippen molar-refractivity contribution in [3.8, 4) is 11.8 Å². The van der Waals surface area contributed by atoms with Crippen LogP contribution in [0.25, 0.3) is 6.08 Å². The van der Waals surface area contributed by atoms with Crippen LogP contribution in [-0.2, 0) is 16.0 Å². The van der Waals surface area contributed by atoms with E-state index in [0.29, 0.717) is 11.3 Å². The maximum atomic E-state index is 13.6. The predicted molar refractivity (Wildman–Crippen MR) is 130 cm³/mol. The lowest BCUT2D eigenvalue weighted by Gasteiger charge is -2.10. The molecule has 3 rings (SSSR count). The van der Waals surface area contributed by atoms with Gasteiger partial charge in [-0.2, -0.15) is 5.26 Å². The second kappa shape index (κ2) is 11.6. The van der Waals surface area contributed by atoms with Crippen LogP contribution in [0, 0.1) is 17.1 Å². The van der Waals surface area contributed by atoms with E-state index < -0.39 is 17.6 Å². The van der Waals surface area contributed by atoms with E-state index in [2.05, 4.69) is 10.6 Å². The van der Waals surface area contributed by atoms with Crippen LogP contribution in [0.15, 0.2) is 72.3 Å². The summed E-state index contributed by atoms with van der Waals surface area (Å²) in [4.78, 5) is 24.6. The molecule has 6 nitrogen and oxygen atoms in total. The summed E-state index contributed by atoms with van der Waals surface area (Å²) in [6, 6.07) is 19.7. The Bertz CT molecular complexity index is 1280. The van der Waals surface area contributed by atoms with Crippen molar-refractivity contribution in [1.29, 1.82) is 5.26 Å². The van der Waals surface area contributed by atoms with Crippen molar-refractivity contribution < 1.29 is 18.7 Å². The van der Waals surface area contributed by atoms with E-state index in [1.54, 1.807) is 24.3 Å². The number of para-hydroxylation sites is 2. The summed E-state index contributed by atoms with van der Waals surface area (Å²) < 4.78 is 19.1. The lowest BCUT2D eigenvalue weighted by Crippen LogP contribution is -2.20. The van der Waals surface area contributed by atoms with Gasteiger partial charge >= 0.3 is 0 Å². The fourth-order valence-corrected chi connectivity index (χ4v) is 3.32. The van der Waals surface area contributed by atoms with Gasteiger partial charge in [0.05, 0.1) is 10.7 Å². The molecule has 3 aromatic rings. The average Bonchev–Trinajstić information content (AvgIpc) is 2.83. The maximum Gasteiger partial charge on any atom is 0.266 e. The van der Waals surface area contributed by atoms with Crippen LogP contribution in [0.3, 0.4) is 0 Å². The van der Waals surface area contributed by atoms with Gasteiger partial charge < -0.3 is 15.4 Å². The number of anilines is 2. The quantitative estimate of drug-likeness (QED) is 0.326. The highest BCUT2D eigenvalue weighted by Gasteiger charge is 2.13. The Morgan fingerprint density at radius 2 is 1.76 bits per heavy atom. The number of carbonyl (C=O) groups is 2. The van der Waals surface area contributed by atoms with Gasteiger partial charge in [0.25, 0.3) is 11.8 Å². The van der Waals surface area contributed by atoms with Crippen molar-refractivity contribution in [2.45, 2.75) is 13.3 Å². The number of nitrogens with zero attached hydrogens (tertiary/aromatic N) is 1. The van der Waals surface area contributed by atoms with Crippen LogP contribution < -0.4 is 15.4 Å². The molecule has 2 N–H and O–H groups in total. The lowest BCUT2D eigenvalue weighted by atomic mass is 10.1. The van der Waals surface area contributed by atoms with Gasteiger partial charge in [-0.25, -0.2) is 4.39 Å². The van der Waals surface area contributed by atoms with E-state index in [4.69, 9.17) is 16.3 Å². The Morgan fingerprint density at radius 3 is 2.44 bits per heavy atom. The lowest BCUT2D eigenvalue weighted by molar-refractivity contribution is -0.118. The second-order valence-electron chi connectivity index (χ2n) is 7.14. The molecule has 0 aliphatic carbocycles. The fourth-order valence-electron chi connectivity index (χ4n) is 3.07. The van der Waals surface area contributed by atoms with Gasteiger partial charge in [-0.3, -0.25) is 9.59 Å². The number of amides is 2. The summed E-state index contributed by atoms with van der Waals surface area (Å²) in [5.74, 6) is -1.42. The Labute approximate surface area is 201 Å². The number of ether oxygens (including phenoxy) is 1. The Hall–Kier alpha value is -4.15. The number of carbonyl (C=O) groups excluding carboxylic acids is 2. The smallest absolute Gasteiger partial charge is 0.266 e. The summed E-state index contributed by atoms with van der Waals surface area (Å²) >= 11 is 6.24. The number of halogens is 2. The molecule has 0 atom stereocenters. The summed E-state index contributed by atoms with van der Waals surface area (Å²) in [6.07, 6.45) is 2.14.